The van der Waals surface area contributed by atoms with E-state index in [4.69, 9.17) is 4.74 Å². The van der Waals surface area contributed by atoms with Crippen LogP contribution in [0.3, 0.4) is 0 Å². The number of para-hydroxylation sites is 2. The van der Waals surface area contributed by atoms with Crippen LogP contribution in [0.15, 0.2) is 48.5 Å². The van der Waals surface area contributed by atoms with Crippen molar-refractivity contribution in [2.75, 3.05) is 36.5 Å². The Morgan fingerprint density at radius 1 is 1.15 bits per heavy atom. The maximum absolute atomic E-state index is 12.1. The monoisotopic (exact) mass is 370 g/mol. The highest BCUT2D eigenvalue weighted by molar-refractivity contribution is 6.02. The molecule has 1 aliphatic rings. The quantitative estimate of drug-likeness (QED) is 0.434. The van der Waals surface area contributed by atoms with Crippen molar-refractivity contribution in [1.82, 2.24) is 5.32 Å². The highest BCUT2D eigenvalue weighted by Crippen LogP contribution is 2.31. The number of nitrogens with zero attached hydrogens (tertiary/aromatic N) is 2. The predicted molar refractivity (Wildman–Crippen MR) is 98.9 cm³/mol. The van der Waals surface area contributed by atoms with Gasteiger partial charge in [0, 0.05) is 30.9 Å². The molecule has 3 rings (SSSR count). The molecule has 1 aliphatic heterocycles. The number of hydrogen-bond donors (Lipinski definition) is 2. The van der Waals surface area contributed by atoms with Gasteiger partial charge in [-0.2, -0.15) is 0 Å². The lowest BCUT2D eigenvalue weighted by atomic mass is 10.2. The second kappa shape index (κ2) is 8.17. The van der Waals surface area contributed by atoms with Gasteiger partial charge in [0.15, 0.2) is 6.61 Å². The summed E-state index contributed by atoms with van der Waals surface area (Å²) < 4.78 is 5.34. The van der Waals surface area contributed by atoms with E-state index in [2.05, 4.69) is 10.6 Å². The topological polar surface area (TPSA) is 114 Å². The van der Waals surface area contributed by atoms with Gasteiger partial charge >= 0.3 is 0 Å². The summed E-state index contributed by atoms with van der Waals surface area (Å²) >= 11 is 0. The first-order valence-electron chi connectivity index (χ1n) is 8.32. The third kappa shape index (κ3) is 4.51. The van der Waals surface area contributed by atoms with Gasteiger partial charge in [0.05, 0.1) is 10.6 Å². The summed E-state index contributed by atoms with van der Waals surface area (Å²) in [6.45, 7) is 0.607. The molecule has 0 aromatic heterocycles. The first kappa shape index (κ1) is 18.2. The Bertz CT molecular complexity index is 853. The van der Waals surface area contributed by atoms with Crippen molar-refractivity contribution in [3.05, 3.63) is 58.6 Å². The number of benzene rings is 2. The number of amides is 2. The van der Waals surface area contributed by atoms with Gasteiger partial charge in [0.25, 0.3) is 11.6 Å². The Balaban J connectivity index is 1.46. The molecule has 0 aliphatic carbocycles. The molecule has 27 heavy (non-hydrogen) atoms. The number of anilines is 2. The highest BCUT2D eigenvalue weighted by Gasteiger charge is 2.26. The number of nitrogens with one attached hydrogen (secondary N) is 2. The zero-order chi connectivity index (χ0) is 19.2. The SMILES string of the molecule is O=C(CN1C(=O)COc2ccccc21)NCCNc1ccc([N+](=O)[O-])cc1. The average Bonchev–Trinajstić information content (AvgIpc) is 2.68. The summed E-state index contributed by atoms with van der Waals surface area (Å²) in [6, 6.07) is 13.1. The molecule has 0 fully saturated rings. The van der Waals surface area contributed by atoms with Crippen molar-refractivity contribution in [3.63, 3.8) is 0 Å². The van der Waals surface area contributed by atoms with Crippen molar-refractivity contribution in [2.45, 2.75) is 0 Å². The largest absolute Gasteiger partial charge is 0.482 e. The first-order valence-corrected chi connectivity index (χ1v) is 8.32. The number of rotatable bonds is 7. The fourth-order valence-corrected chi connectivity index (χ4v) is 2.64. The van der Waals surface area contributed by atoms with Crippen LogP contribution in [-0.2, 0) is 9.59 Å². The first-order chi connectivity index (χ1) is 13.0. The molecule has 9 nitrogen and oxygen atoms in total. The van der Waals surface area contributed by atoms with Crippen molar-refractivity contribution in [3.8, 4) is 5.75 Å². The standard InChI is InChI=1S/C18H18N4O5/c23-17(11-21-15-3-1-2-4-16(15)27-12-18(21)24)20-10-9-19-13-5-7-14(8-6-13)22(25)26/h1-8,19H,9-12H2,(H,20,23). The van der Waals surface area contributed by atoms with E-state index in [1.165, 1.54) is 17.0 Å². The second-order valence-electron chi connectivity index (χ2n) is 5.82. The third-order valence-electron chi connectivity index (χ3n) is 3.96. The number of carbonyl (C=O) groups excluding carboxylic acids is 2. The molecule has 2 amide bonds. The van der Waals surface area contributed by atoms with Gasteiger partial charge in [-0.25, -0.2) is 0 Å². The average molecular weight is 370 g/mol. The van der Waals surface area contributed by atoms with E-state index in [1.54, 1.807) is 36.4 Å². The second-order valence-corrected chi connectivity index (χ2v) is 5.82. The normalized spacial score (nSPS) is 12.7. The molecule has 2 N–H and O–H groups in total. The predicted octanol–water partition coefficient (Wildman–Crippen LogP) is 1.55. The summed E-state index contributed by atoms with van der Waals surface area (Å²) in [4.78, 5) is 35.7. The maximum atomic E-state index is 12.1. The fraction of sp³-hybridized carbons (Fsp3) is 0.222. The van der Waals surface area contributed by atoms with Crippen LogP contribution in [0.1, 0.15) is 0 Å². The van der Waals surface area contributed by atoms with Crippen LogP contribution < -0.4 is 20.3 Å². The molecule has 0 bridgehead atoms. The van der Waals surface area contributed by atoms with Crippen LogP contribution in [0.2, 0.25) is 0 Å². The van der Waals surface area contributed by atoms with Crippen molar-refractivity contribution in [2.24, 2.45) is 0 Å². The Morgan fingerprint density at radius 2 is 1.89 bits per heavy atom. The molecular weight excluding hydrogens is 352 g/mol. The summed E-state index contributed by atoms with van der Waals surface area (Å²) in [5.41, 5.74) is 1.31. The summed E-state index contributed by atoms with van der Waals surface area (Å²) in [5.74, 6) is 0.0168. The van der Waals surface area contributed by atoms with Gasteiger partial charge in [0.1, 0.15) is 12.3 Å². The van der Waals surface area contributed by atoms with Gasteiger partial charge in [-0.15, -0.1) is 0 Å². The summed E-state index contributed by atoms with van der Waals surface area (Å²) in [6.07, 6.45) is 0. The number of nitro benzene ring substituents is 1. The Labute approximate surface area is 155 Å². The van der Waals surface area contributed by atoms with Crippen LogP contribution in [0.25, 0.3) is 0 Å². The third-order valence-corrected chi connectivity index (χ3v) is 3.96. The molecule has 2 aromatic carbocycles. The number of non-ortho nitro benzene ring substituents is 1. The molecule has 1 heterocycles. The number of hydrogen-bond acceptors (Lipinski definition) is 6. The molecule has 140 valence electrons. The zero-order valence-corrected chi connectivity index (χ0v) is 14.4. The van der Waals surface area contributed by atoms with E-state index in [1.807, 2.05) is 0 Å². The van der Waals surface area contributed by atoms with Crippen molar-refractivity contribution >= 4 is 28.9 Å². The van der Waals surface area contributed by atoms with E-state index < -0.39 is 4.92 Å². The number of nitro groups is 1. The fourth-order valence-electron chi connectivity index (χ4n) is 2.64. The molecule has 0 radical (unpaired) electrons. The van der Waals surface area contributed by atoms with Gasteiger partial charge in [-0.3, -0.25) is 24.6 Å². The Kier molecular flexibility index (Phi) is 5.50. The van der Waals surface area contributed by atoms with Gasteiger partial charge in [0.2, 0.25) is 5.91 Å². The number of ether oxygens (including phenoxy) is 1. The van der Waals surface area contributed by atoms with Crippen LogP contribution in [0.4, 0.5) is 17.1 Å². The van der Waals surface area contributed by atoms with Crippen LogP contribution >= 0.6 is 0 Å². The minimum atomic E-state index is -0.463. The van der Waals surface area contributed by atoms with E-state index in [0.717, 1.165) is 0 Å². The van der Waals surface area contributed by atoms with E-state index in [-0.39, 0.29) is 30.7 Å². The Hall–Kier alpha value is -3.62. The van der Waals surface area contributed by atoms with E-state index in [0.29, 0.717) is 30.2 Å². The minimum absolute atomic E-state index is 0.0179. The van der Waals surface area contributed by atoms with Crippen molar-refractivity contribution < 1.29 is 19.2 Å². The molecule has 2 aromatic rings. The van der Waals surface area contributed by atoms with Gasteiger partial charge < -0.3 is 15.4 Å². The summed E-state index contributed by atoms with van der Waals surface area (Å²) in [7, 11) is 0. The molecule has 0 saturated carbocycles. The molecule has 0 spiro atoms. The Morgan fingerprint density at radius 3 is 2.63 bits per heavy atom. The lowest BCUT2D eigenvalue weighted by Crippen LogP contribution is -2.45. The van der Waals surface area contributed by atoms with Gasteiger partial charge in [-0.05, 0) is 24.3 Å². The molecule has 0 saturated heterocycles. The smallest absolute Gasteiger partial charge is 0.269 e. The van der Waals surface area contributed by atoms with E-state index in [9.17, 15) is 19.7 Å². The number of fused-ring (bicyclic) bond motifs is 1. The molecule has 0 unspecified atom stereocenters. The summed E-state index contributed by atoms with van der Waals surface area (Å²) in [5, 5.41) is 16.4. The maximum Gasteiger partial charge on any atom is 0.269 e. The lowest BCUT2D eigenvalue weighted by molar-refractivity contribution is -0.384. The highest BCUT2D eigenvalue weighted by atomic mass is 16.6. The van der Waals surface area contributed by atoms with Crippen LogP contribution in [0.5, 0.6) is 5.75 Å². The van der Waals surface area contributed by atoms with Crippen LogP contribution in [-0.4, -0.2) is 43.0 Å². The van der Waals surface area contributed by atoms with Gasteiger partial charge in [-0.1, -0.05) is 12.1 Å². The molecule has 9 heteroatoms. The van der Waals surface area contributed by atoms with Crippen LogP contribution in [0, 0.1) is 10.1 Å². The molecule has 0 atom stereocenters. The molecular formula is C18H18N4O5. The van der Waals surface area contributed by atoms with Crippen molar-refractivity contribution in [1.29, 1.82) is 0 Å². The van der Waals surface area contributed by atoms with E-state index >= 15 is 0 Å². The lowest BCUT2D eigenvalue weighted by Gasteiger charge is -2.28. The minimum Gasteiger partial charge on any atom is -0.482 e. The number of carbonyl (C=O) groups is 2. The zero-order valence-electron chi connectivity index (χ0n) is 14.4.